The topological polar surface area (TPSA) is 54.6 Å². The highest BCUT2D eigenvalue weighted by molar-refractivity contribution is 5.99. The Morgan fingerprint density at radius 2 is 1.68 bits per heavy atom. The second-order valence-corrected chi connectivity index (χ2v) is 8.96. The van der Waals surface area contributed by atoms with Crippen LogP contribution in [0.5, 0.6) is 0 Å². The van der Waals surface area contributed by atoms with Crippen LogP contribution in [-0.4, -0.2) is 52.9 Å². The van der Waals surface area contributed by atoms with Crippen molar-refractivity contribution in [1.29, 1.82) is 0 Å². The Bertz CT molecular complexity index is 1120. The molecule has 2 N–H and O–H groups in total. The Morgan fingerprint density at radius 1 is 1.03 bits per heavy atom. The average Bonchev–Trinajstić information content (AvgIpc) is 3.28. The van der Waals surface area contributed by atoms with E-state index in [1.165, 1.54) is 16.7 Å². The number of carbonyl (C=O) groups excluding carboxylic acids is 1. The Labute approximate surface area is 196 Å². The highest BCUT2D eigenvalue weighted by Gasteiger charge is 2.47. The summed E-state index contributed by atoms with van der Waals surface area (Å²) < 4.78 is 42.7. The first kappa shape index (κ1) is 22.5. The molecule has 1 aromatic heterocycles. The van der Waals surface area contributed by atoms with Crippen molar-refractivity contribution in [2.45, 2.75) is 31.2 Å². The van der Waals surface area contributed by atoms with Crippen LogP contribution in [0.4, 0.5) is 19.0 Å². The van der Waals surface area contributed by atoms with Gasteiger partial charge in [-0.2, -0.15) is 18.3 Å². The zero-order valence-electron chi connectivity index (χ0n) is 18.6. The van der Waals surface area contributed by atoms with Gasteiger partial charge >= 0.3 is 6.18 Å². The van der Waals surface area contributed by atoms with Crippen molar-refractivity contribution in [1.82, 2.24) is 14.7 Å². The number of anilines is 1. The molecule has 1 saturated heterocycles. The molecule has 3 aromatic rings. The maximum absolute atomic E-state index is 13.9. The Hall–Kier alpha value is -3.33. The molecule has 5 rings (SSSR count). The molecule has 0 saturated carbocycles. The van der Waals surface area contributed by atoms with Crippen LogP contribution in [0.1, 0.15) is 40.0 Å². The number of alkyl halides is 3. The standard InChI is InChI=1S/C25H26F3N5O/c26-25(27,28)22-15-21(19-9-5-2-6-10-19)30-23-20(16-29-33(22)23)24(34)32-13-11-31(12-14-32)17-18-7-3-1-4-8-18/h1-10,16,21-22,30H,11-15,17H2/p+1. The SMILES string of the molecule is O=C(c1cnn2c1NC(c1ccccc1)CC2C(F)(F)F)N1CC[NH+](Cc2ccccc2)CC1. The lowest BCUT2D eigenvalue weighted by molar-refractivity contribution is -0.917. The summed E-state index contributed by atoms with van der Waals surface area (Å²) in [6.07, 6.45) is -3.38. The maximum atomic E-state index is 13.9. The molecular weight excluding hydrogens is 443 g/mol. The van der Waals surface area contributed by atoms with E-state index >= 15 is 0 Å². The number of rotatable bonds is 4. The van der Waals surface area contributed by atoms with Gasteiger partial charge in [0.25, 0.3) is 5.91 Å². The number of aromatic nitrogens is 2. The molecule has 0 radical (unpaired) electrons. The number of hydrogen-bond acceptors (Lipinski definition) is 3. The summed E-state index contributed by atoms with van der Waals surface area (Å²) in [7, 11) is 0. The normalized spacial score (nSPS) is 21.1. The summed E-state index contributed by atoms with van der Waals surface area (Å²) in [6.45, 7) is 3.57. The first-order valence-electron chi connectivity index (χ1n) is 11.5. The molecule has 0 spiro atoms. The molecule has 178 valence electrons. The molecule has 3 heterocycles. The van der Waals surface area contributed by atoms with Crippen molar-refractivity contribution in [3.8, 4) is 0 Å². The van der Waals surface area contributed by atoms with Gasteiger partial charge in [-0.05, 0) is 5.56 Å². The molecule has 2 atom stereocenters. The van der Waals surface area contributed by atoms with E-state index in [2.05, 4.69) is 22.5 Å². The fourth-order valence-electron chi connectivity index (χ4n) is 4.88. The number of nitrogens with one attached hydrogen (secondary N) is 2. The lowest BCUT2D eigenvalue weighted by atomic mass is 9.96. The lowest BCUT2D eigenvalue weighted by Gasteiger charge is -2.35. The summed E-state index contributed by atoms with van der Waals surface area (Å²) in [4.78, 5) is 16.4. The van der Waals surface area contributed by atoms with Gasteiger partial charge in [-0.3, -0.25) is 4.79 Å². The van der Waals surface area contributed by atoms with Gasteiger partial charge in [-0.1, -0.05) is 60.7 Å². The number of nitrogens with zero attached hydrogens (tertiary/aromatic N) is 3. The zero-order chi connectivity index (χ0) is 23.7. The zero-order valence-corrected chi connectivity index (χ0v) is 18.6. The summed E-state index contributed by atoms with van der Waals surface area (Å²) in [5.41, 5.74) is 2.19. The van der Waals surface area contributed by atoms with Crippen LogP contribution in [0, 0.1) is 0 Å². The average molecular weight is 471 g/mol. The third kappa shape index (κ3) is 4.52. The van der Waals surface area contributed by atoms with E-state index < -0.39 is 18.3 Å². The molecule has 0 bridgehead atoms. The largest absolute Gasteiger partial charge is 0.410 e. The molecule has 2 aromatic carbocycles. The molecule has 0 aliphatic carbocycles. The molecule has 34 heavy (non-hydrogen) atoms. The number of quaternary nitrogens is 1. The van der Waals surface area contributed by atoms with Crippen LogP contribution in [0.25, 0.3) is 0 Å². The molecule has 2 aliphatic rings. The van der Waals surface area contributed by atoms with Gasteiger partial charge in [-0.15, -0.1) is 0 Å². The first-order valence-corrected chi connectivity index (χ1v) is 11.5. The van der Waals surface area contributed by atoms with E-state index in [4.69, 9.17) is 0 Å². The number of halogens is 3. The summed E-state index contributed by atoms with van der Waals surface area (Å²) in [5.74, 6) is -0.131. The van der Waals surface area contributed by atoms with Gasteiger partial charge in [-0.25, -0.2) is 4.68 Å². The van der Waals surface area contributed by atoms with Gasteiger partial charge in [0, 0.05) is 12.0 Å². The van der Waals surface area contributed by atoms with E-state index in [-0.39, 0.29) is 23.7 Å². The second-order valence-electron chi connectivity index (χ2n) is 8.96. The van der Waals surface area contributed by atoms with E-state index in [1.54, 1.807) is 29.2 Å². The van der Waals surface area contributed by atoms with Gasteiger partial charge < -0.3 is 15.1 Å². The monoisotopic (exact) mass is 470 g/mol. The van der Waals surface area contributed by atoms with Crippen molar-refractivity contribution < 1.29 is 22.9 Å². The highest BCUT2D eigenvalue weighted by Crippen LogP contribution is 2.44. The Morgan fingerprint density at radius 3 is 2.32 bits per heavy atom. The Kier molecular flexibility index (Phi) is 6.03. The highest BCUT2D eigenvalue weighted by atomic mass is 19.4. The third-order valence-corrected chi connectivity index (χ3v) is 6.73. The maximum Gasteiger partial charge on any atom is 0.410 e. The van der Waals surface area contributed by atoms with Crippen LogP contribution in [0.3, 0.4) is 0 Å². The van der Waals surface area contributed by atoms with Gasteiger partial charge in [0.15, 0.2) is 6.04 Å². The number of hydrogen-bond donors (Lipinski definition) is 2. The number of fused-ring (bicyclic) bond motifs is 1. The van der Waals surface area contributed by atoms with Crippen LogP contribution in [0.2, 0.25) is 0 Å². The van der Waals surface area contributed by atoms with Gasteiger partial charge in [0.05, 0.1) is 38.4 Å². The molecule has 1 fully saturated rings. The van der Waals surface area contributed by atoms with Crippen LogP contribution < -0.4 is 10.2 Å². The third-order valence-electron chi connectivity index (χ3n) is 6.73. The Balaban J connectivity index is 1.33. The van der Waals surface area contributed by atoms with Crippen molar-refractivity contribution in [3.05, 3.63) is 83.6 Å². The van der Waals surface area contributed by atoms with Crippen LogP contribution in [0.15, 0.2) is 66.9 Å². The molecule has 2 aliphatic heterocycles. The van der Waals surface area contributed by atoms with Crippen LogP contribution in [-0.2, 0) is 6.54 Å². The number of carbonyl (C=O) groups is 1. The van der Waals surface area contributed by atoms with Crippen molar-refractivity contribution in [2.24, 2.45) is 0 Å². The molecule has 1 amide bonds. The molecular formula is C25H27F3N5O+. The van der Waals surface area contributed by atoms with E-state index in [0.29, 0.717) is 13.1 Å². The minimum absolute atomic E-state index is 0.145. The number of benzene rings is 2. The minimum atomic E-state index is -4.47. The minimum Gasteiger partial charge on any atom is -0.363 e. The number of piperazine rings is 1. The smallest absolute Gasteiger partial charge is 0.363 e. The quantitative estimate of drug-likeness (QED) is 0.616. The first-order chi connectivity index (χ1) is 16.4. The second kappa shape index (κ2) is 9.13. The lowest BCUT2D eigenvalue weighted by Crippen LogP contribution is -3.13. The van der Waals surface area contributed by atoms with Crippen molar-refractivity contribution in [2.75, 3.05) is 31.5 Å². The van der Waals surface area contributed by atoms with E-state index in [1.807, 2.05) is 24.3 Å². The van der Waals surface area contributed by atoms with Crippen molar-refractivity contribution >= 4 is 11.7 Å². The fraction of sp³-hybridized carbons (Fsp3) is 0.360. The predicted octanol–water partition coefficient (Wildman–Crippen LogP) is 3.08. The van der Waals surface area contributed by atoms with Gasteiger partial charge in [0.2, 0.25) is 0 Å². The van der Waals surface area contributed by atoms with Crippen LogP contribution >= 0.6 is 0 Å². The fourth-order valence-corrected chi connectivity index (χ4v) is 4.88. The predicted molar refractivity (Wildman–Crippen MR) is 121 cm³/mol. The molecule has 6 nitrogen and oxygen atoms in total. The molecule has 2 unspecified atom stereocenters. The molecule has 9 heteroatoms. The van der Waals surface area contributed by atoms with E-state index in [0.717, 1.165) is 29.9 Å². The summed E-state index contributed by atoms with van der Waals surface area (Å²) in [6, 6.07) is 16.9. The van der Waals surface area contributed by atoms with E-state index in [9.17, 15) is 18.0 Å². The summed E-state index contributed by atoms with van der Waals surface area (Å²) >= 11 is 0. The van der Waals surface area contributed by atoms with Crippen molar-refractivity contribution in [3.63, 3.8) is 0 Å². The van der Waals surface area contributed by atoms with Gasteiger partial charge in [0.1, 0.15) is 17.9 Å². The number of amides is 1. The summed E-state index contributed by atoms with van der Waals surface area (Å²) in [5, 5.41) is 7.17.